The van der Waals surface area contributed by atoms with Gasteiger partial charge in [-0.05, 0) is 63.9 Å². The van der Waals surface area contributed by atoms with Gasteiger partial charge in [0, 0.05) is 28.1 Å². The molecule has 198 valence electrons. The Hall–Kier alpha value is -5.60. The summed E-state index contributed by atoms with van der Waals surface area (Å²) < 4.78 is 6.94. The van der Waals surface area contributed by atoms with Crippen molar-refractivity contribution < 1.29 is 4.74 Å². The average molecular weight is 538 g/mol. The van der Waals surface area contributed by atoms with Crippen LogP contribution in [0.15, 0.2) is 164 Å². The monoisotopic (exact) mass is 537 g/mol. The minimum absolute atomic E-state index is 0.843. The molecule has 0 unspecified atom stereocenters. The number of benzene rings is 7. The lowest BCUT2D eigenvalue weighted by molar-refractivity contribution is 0.489. The number of para-hydroxylation sites is 3. The summed E-state index contributed by atoms with van der Waals surface area (Å²) in [7, 11) is 0. The molecule has 0 saturated carbocycles. The van der Waals surface area contributed by atoms with Crippen LogP contribution in [0.2, 0.25) is 0 Å². The quantitative estimate of drug-likeness (QED) is 0.221. The van der Waals surface area contributed by atoms with E-state index in [0.29, 0.717) is 0 Å². The summed E-state index contributed by atoms with van der Waals surface area (Å²) in [4.78, 5) is 2.29. The van der Waals surface area contributed by atoms with Crippen LogP contribution in [0.5, 0.6) is 11.5 Å². The molecule has 42 heavy (non-hydrogen) atoms. The Labute approximate surface area is 245 Å². The third-order valence-electron chi connectivity index (χ3n) is 8.07. The predicted octanol–water partition coefficient (Wildman–Crippen LogP) is 11.4. The van der Waals surface area contributed by atoms with Crippen LogP contribution in [0.25, 0.3) is 44.2 Å². The molecule has 0 saturated heterocycles. The summed E-state index contributed by atoms with van der Waals surface area (Å²) in [5.74, 6) is 1.70. The molecule has 0 N–H and O–H groups in total. The standard InChI is InChI=1S/C40H27NO/c1-3-12-28(13-4-1)29-22-25-32(26-23-29)41(31-15-5-2-6-16-31)37-20-11-19-35-34-27-24-30-14-7-8-17-33(30)39(34)36-18-9-10-21-38(36)42-40(35)37/h1-27H. The number of anilines is 3. The van der Waals surface area contributed by atoms with Crippen LogP contribution in [0, 0.1) is 0 Å². The molecule has 1 aliphatic heterocycles. The zero-order valence-electron chi connectivity index (χ0n) is 22.9. The Balaban J connectivity index is 1.36. The second-order valence-electron chi connectivity index (χ2n) is 10.5. The molecular weight excluding hydrogens is 510 g/mol. The fraction of sp³-hybridized carbons (Fsp3) is 0. The van der Waals surface area contributed by atoms with Crippen molar-refractivity contribution in [1.82, 2.24) is 0 Å². The van der Waals surface area contributed by atoms with E-state index in [4.69, 9.17) is 4.74 Å². The minimum Gasteiger partial charge on any atom is -0.454 e. The fourth-order valence-corrected chi connectivity index (χ4v) is 6.12. The zero-order chi connectivity index (χ0) is 27.9. The Bertz CT molecular complexity index is 2050. The second kappa shape index (κ2) is 10.1. The van der Waals surface area contributed by atoms with Gasteiger partial charge in [0.25, 0.3) is 0 Å². The van der Waals surface area contributed by atoms with Crippen molar-refractivity contribution in [1.29, 1.82) is 0 Å². The molecule has 0 aliphatic carbocycles. The lowest BCUT2D eigenvalue weighted by Crippen LogP contribution is -2.11. The van der Waals surface area contributed by atoms with Gasteiger partial charge < -0.3 is 9.64 Å². The molecule has 0 amide bonds. The molecule has 7 aromatic rings. The van der Waals surface area contributed by atoms with Crippen LogP contribution in [-0.4, -0.2) is 0 Å². The maximum absolute atomic E-state index is 6.94. The Morgan fingerprint density at radius 1 is 0.405 bits per heavy atom. The Kier molecular flexibility index (Phi) is 5.82. The molecule has 7 aromatic carbocycles. The normalized spacial score (nSPS) is 11.5. The van der Waals surface area contributed by atoms with E-state index in [0.717, 1.165) is 39.7 Å². The SMILES string of the molecule is c1ccc(-c2ccc(N(c3ccccc3)c3cccc4c3Oc3ccccc3-c3c-4ccc4ccccc34)cc2)cc1. The van der Waals surface area contributed by atoms with E-state index >= 15 is 0 Å². The molecule has 0 bridgehead atoms. The maximum Gasteiger partial charge on any atom is 0.159 e. The molecule has 0 radical (unpaired) electrons. The van der Waals surface area contributed by atoms with Gasteiger partial charge in [0.05, 0.1) is 5.69 Å². The second-order valence-corrected chi connectivity index (χ2v) is 10.5. The lowest BCUT2D eigenvalue weighted by Gasteiger charge is -2.28. The van der Waals surface area contributed by atoms with E-state index in [1.54, 1.807) is 0 Å². The summed E-state index contributed by atoms with van der Waals surface area (Å²) in [6, 6.07) is 57.7. The molecule has 2 nitrogen and oxygen atoms in total. The van der Waals surface area contributed by atoms with E-state index in [9.17, 15) is 0 Å². The molecule has 8 rings (SSSR count). The van der Waals surface area contributed by atoms with Crippen LogP contribution in [0.1, 0.15) is 0 Å². The van der Waals surface area contributed by atoms with E-state index in [1.807, 2.05) is 0 Å². The average Bonchev–Trinajstić information content (AvgIpc) is 3.21. The summed E-state index contributed by atoms with van der Waals surface area (Å²) in [6.07, 6.45) is 0. The van der Waals surface area contributed by atoms with Gasteiger partial charge in [0.1, 0.15) is 5.75 Å². The van der Waals surface area contributed by atoms with Crippen molar-refractivity contribution in [2.24, 2.45) is 0 Å². The van der Waals surface area contributed by atoms with E-state index < -0.39 is 0 Å². The number of hydrogen-bond donors (Lipinski definition) is 0. The molecule has 0 spiro atoms. The number of rotatable bonds is 4. The van der Waals surface area contributed by atoms with Gasteiger partial charge in [-0.1, -0.05) is 127 Å². The first-order valence-corrected chi connectivity index (χ1v) is 14.3. The van der Waals surface area contributed by atoms with Crippen LogP contribution >= 0.6 is 0 Å². The van der Waals surface area contributed by atoms with Crippen molar-refractivity contribution in [3.63, 3.8) is 0 Å². The van der Waals surface area contributed by atoms with Gasteiger partial charge in [-0.2, -0.15) is 0 Å². The summed E-state index contributed by atoms with van der Waals surface area (Å²) in [5, 5.41) is 2.44. The summed E-state index contributed by atoms with van der Waals surface area (Å²) in [5.41, 5.74) is 10.1. The third kappa shape index (κ3) is 4.05. The topological polar surface area (TPSA) is 12.5 Å². The molecule has 0 fully saturated rings. The van der Waals surface area contributed by atoms with Gasteiger partial charge in [-0.3, -0.25) is 0 Å². The maximum atomic E-state index is 6.94. The Morgan fingerprint density at radius 2 is 1.05 bits per heavy atom. The Morgan fingerprint density at radius 3 is 1.88 bits per heavy atom. The predicted molar refractivity (Wildman–Crippen MR) is 175 cm³/mol. The van der Waals surface area contributed by atoms with Gasteiger partial charge >= 0.3 is 0 Å². The van der Waals surface area contributed by atoms with Crippen molar-refractivity contribution in [3.8, 4) is 44.9 Å². The van der Waals surface area contributed by atoms with Crippen LogP contribution < -0.4 is 9.64 Å². The largest absolute Gasteiger partial charge is 0.454 e. The first-order chi connectivity index (χ1) is 20.8. The molecule has 1 aliphatic rings. The zero-order valence-corrected chi connectivity index (χ0v) is 22.9. The molecular formula is C40H27NO. The molecule has 0 aromatic heterocycles. The summed E-state index contributed by atoms with van der Waals surface area (Å²) >= 11 is 0. The highest BCUT2D eigenvalue weighted by Gasteiger charge is 2.27. The van der Waals surface area contributed by atoms with Gasteiger partial charge in [-0.15, -0.1) is 0 Å². The first kappa shape index (κ1) is 24.2. The van der Waals surface area contributed by atoms with Crippen LogP contribution in [0.4, 0.5) is 17.1 Å². The van der Waals surface area contributed by atoms with Gasteiger partial charge in [-0.25, -0.2) is 0 Å². The number of ether oxygens (including phenoxy) is 1. The lowest BCUT2D eigenvalue weighted by atomic mass is 9.89. The highest BCUT2D eigenvalue weighted by Crippen LogP contribution is 2.53. The smallest absolute Gasteiger partial charge is 0.159 e. The molecule has 1 heterocycles. The van der Waals surface area contributed by atoms with Crippen LogP contribution in [0.3, 0.4) is 0 Å². The molecule has 2 heteroatoms. The summed E-state index contributed by atoms with van der Waals surface area (Å²) in [6.45, 7) is 0. The van der Waals surface area contributed by atoms with E-state index in [2.05, 4.69) is 169 Å². The van der Waals surface area contributed by atoms with Gasteiger partial charge in [0.15, 0.2) is 5.75 Å². The first-order valence-electron chi connectivity index (χ1n) is 14.3. The van der Waals surface area contributed by atoms with E-state index in [-0.39, 0.29) is 0 Å². The van der Waals surface area contributed by atoms with Crippen molar-refractivity contribution in [2.45, 2.75) is 0 Å². The third-order valence-corrected chi connectivity index (χ3v) is 8.07. The fourth-order valence-electron chi connectivity index (χ4n) is 6.12. The molecule has 0 atom stereocenters. The van der Waals surface area contributed by atoms with Crippen LogP contribution in [-0.2, 0) is 0 Å². The number of fused-ring (bicyclic) bond motifs is 7. The number of nitrogens with zero attached hydrogens (tertiary/aromatic N) is 1. The highest BCUT2D eigenvalue weighted by molar-refractivity contribution is 6.07. The number of hydrogen-bond acceptors (Lipinski definition) is 2. The van der Waals surface area contributed by atoms with Crippen molar-refractivity contribution in [3.05, 3.63) is 164 Å². The van der Waals surface area contributed by atoms with E-state index in [1.165, 1.54) is 33.0 Å². The minimum atomic E-state index is 0.843. The van der Waals surface area contributed by atoms with Crippen molar-refractivity contribution >= 4 is 27.8 Å². The highest BCUT2D eigenvalue weighted by atomic mass is 16.5. The van der Waals surface area contributed by atoms with Gasteiger partial charge in [0.2, 0.25) is 0 Å². The van der Waals surface area contributed by atoms with Crippen molar-refractivity contribution in [2.75, 3.05) is 4.90 Å².